The molecule has 0 spiro atoms. The van der Waals surface area contributed by atoms with Gasteiger partial charge >= 0.3 is 0 Å². The first kappa shape index (κ1) is 19.9. The summed E-state index contributed by atoms with van der Waals surface area (Å²) in [5, 5.41) is 0. The Bertz CT molecular complexity index is 890. The molecule has 0 radical (unpaired) electrons. The minimum absolute atomic E-state index is 0.203. The number of hydrogen-bond acceptors (Lipinski definition) is 5. The van der Waals surface area contributed by atoms with E-state index in [-0.39, 0.29) is 11.4 Å². The molecule has 27 heavy (non-hydrogen) atoms. The van der Waals surface area contributed by atoms with Gasteiger partial charge < -0.3 is 13.9 Å². The van der Waals surface area contributed by atoms with Gasteiger partial charge in [-0.3, -0.25) is 0 Å². The number of ether oxygens (including phenoxy) is 2. The van der Waals surface area contributed by atoms with E-state index in [4.69, 9.17) is 13.9 Å². The third kappa shape index (κ3) is 4.54. The molecule has 0 aliphatic heterocycles. The van der Waals surface area contributed by atoms with Crippen LogP contribution < -0.4 is 4.74 Å². The monoisotopic (exact) mass is 393 g/mol. The Morgan fingerprint density at radius 3 is 2.59 bits per heavy atom. The van der Waals surface area contributed by atoms with E-state index >= 15 is 0 Å². The zero-order valence-corrected chi connectivity index (χ0v) is 17.1. The van der Waals surface area contributed by atoms with Crippen LogP contribution in [0, 0.1) is 12.8 Å². The third-order valence-electron chi connectivity index (χ3n) is 4.94. The van der Waals surface area contributed by atoms with E-state index in [0.717, 1.165) is 17.7 Å². The van der Waals surface area contributed by atoms with Crippen molar-refractivity contribution in [2.75, 3.05) is 27.4 Å². The van der Waals surface area contributed by atoms with Crippen LogP contribution in [0.15, 0.2) is 39.6 Å². The van der Waals surface area contributed by atoms with E-state index < -0.39 is 10.0 Å². The van der Waals surface area contributed by atoms with Crippen molar-refractivity contribution in [3.63, 3.8) is 0 Å². The predicted octanol–water partition coefficient (Wildman–Crippen LogP) is 3.56. The maximum atomic E-state index is 12.9. The lowest BCUT2D eigenvalue weighted by atomic mass is 10.2. The summed E-state index contributed by atoms with van der Waals surface area (Å²) in [4.78, 5) is 0.240. The molecule has 1 aromatic heterocycles. The molecule has 7 heteroatoms. The van der Waals surface area contributed by atoms with Crippen LogP contribution in [0.1, 0.15) is 36.3 Å². The molecule has 148 valence electrons. The highest BCUT2D eigenvalue weighted by Gasteiger charge is 2.36. The molecule has 0 bridgehead atoms. The van der Waals surface area contributed by atoms with Gasteiger partial charge in [0.15, 0.2) is 0 Å². The van der Waals surface area contributed by atoms with Gasteiger partial charge in [-0.2, -0.15) is 4.31 Å². The van der Waals surface area contributed by atoms with Gasteiger partial charge in [0.2, 0.25) is 10.0 Å². The molecular formula is C20H27NO5S. The van der Waals surface area contributed by atoms with E-state index in [2.05, 4.69) is 6.92 Å². The van der Waals surface area contributed by atoms with E-state index in [1.54, 1.807) is 32.4 Å². The number of rotatable bonds is 9. The van der Waals surface area contributed by atoms with Crippen molar-refractivity contribution in [1.82, 2.24) is 4.31 Å². The highest BCUT2D eigenvalue weighted by atomic mass is 32.2. The fourth-order valence-electron chi connectivity index (χ4n) is 3.06. The highest BCUT2D eigenvalue weighted by Crippen LogP contribution is 2.47. The van der Waals surface area contributed by atoms with E-state index in [9.17, 15) is 8.42 Å². The molecule has 1 aliphatic carbocycles. The fraction of sp³-hybridized carbons (Fsp3) is 0.500. The molecule has 2 atom stereocenters. The van der Waals surface area contributed by atoms with Gasteiger partial charge in [-0.1, -0.05) is 6.92 Å². The number of methoxy groups -OCH3 is 1. The molecule has 1 saturated carbocycles. The zero-order chi connectivity index (χ0) is 19.6. The fourth-order valence-corrected chi connectivity index (χ4v) is 4.28. The van der Waals surface area contributed by atoms with Crippen LogP contribution in [0.4, 0.5) is 0 Å². The molecule has 3 rings (SSSR count). The first-order valence-corrected chi connectivity index (χ1v) is 10.5. The number of hydrogen-bond donors (Lipinski definition) is 0. The van der Waals surface area contributed by atoms with Crippen LogP contribution in [-0.4, -0.2) is 40.1 Å². The summed E-state index contributed by atoms with van der Waals surface area (Å²) in [5.41, 5.74) is 0.767. The van der Waals surface area contributed by atoms with Crippen LogP contribution in [0.3, 0.4) is 0 Å². The lowest BCUT2D eigenvalue weighted by Gasteiger charge is -2.17. The van der Waals surface area contributed by atoms with E-state index in [0.29, 0.717) is 36.6 Å². The number of benzene rings is 1. The minimum Gasteiger partial charge on any atom is -0.491 e. The quantitative estimate of drug-likeness (QED) is 0.609. The molecule has 1 fully saturated rings. The first-order valence-electron chi connectivity index (χ1n) is 9.10. The van der Waals surface area contributed by atoms with Crippen LogP contribution >= 0.6 is 0 Å². The molecule has 1 aromatic carbocycles. The summed E-state index contributed by atoms with van der Waals surface area (Å²) in [7, 11) is -0.443. The Morgan fingerprint density at radius 1 is 1.22 bits per heavy atom. The van der Waals surface area contributed by atoms with Crippen LogP contribution in [-0.2, 0) is 21.3 Å². The lowest BCUT2D eigenvalue weighted by Crippen LogP contribution is -2.26. The molecule has 0 amide bonds. The molecule has 0 saturated heterocycles. The van der Waals surface area contributed by atoms with Crippen LogP contribution in [0.5, 0.6) is 5.75 Å². The maximum Gasteiger partial charge on any atom is 0.243 e. The second-order valence-corrected chi connectivity index (χ2v) is 9.20. The van der Waals surface area contributed by atoms with E-state index in [1.807, 2.05) is 19.1 Å². The van der Waals surface area contributed by atoms with Crippen LogP contribution in [0.25, 0.3) is 0 Å². The summed E-state index contributed by atoms with van der Waals surface area (Å²) in [6.45, 7) is 5.12. The van der Waals surface area contributed by atoms with Crippen molar-refractivity contribution in [1.29, 1.82) is 0 Å². The maximum absolute atomic E-state index is 12.9. The SMILES string of the molecule is COCCOc1ccc(S(=O)(=O)N(C)Cc2ccc([C@H]3C[C@@H]3C)o2)cc1C. The van der Waals surface area contributed by atoms with Crippen molar-refractivity contribution < 1.29 is 22.3 Å². The second-order valence-electron chi connectivity index (χ2n) is 7.15. The number of nitrogens with zero attached hydrogens (tertiary/aromatic N) is 1. The van der Waals surface area contributed by atoms with E-state index in [1.165, 1.54) is 4.31 Å². The van der Waals surface area contributed by atoms with Crippen molar-refractivity contribution in [2.24, 2.45) is 5.92 Å². The van der Waals surface area contributed by atoms with Gasteiger partial charge in [0.25, 0.3) is 0 Å². The zero-order valence-electron chi connectivity index (χ0n) is 16.3. The average Bonchev–Trinajstić information content (AvgIpc) is 3.17. The van der Waals surface area contributed by atoms with Gasteiger partial charge in [-0.05, 0) is 55.2 Å². The van der Waals surface area contributed by atoms with Crippen molar-refractivity contribution >= 4 is 10.0 Å². The Kier molecular flexibility index (Phi) is 5.93. The van der Waals surface area contributed by atoms with Gasteiger partial charge in [0, 0.05) is 20.1 Å². The highest BCUT2D eigenvalue weighted by molar-refractivity contribution is 7.89. The summed E-state index contributed by atoms with van der Waals surface area (Å²) >= 11 is 0. The molecule has 1 heterocycles. The van der Waals surface area contributed by atoms with Gasteiger partial charge in [0.1, 0.15) is 23.9 Å². The Balaban J connectivity index is 1.69. The first-order chi connectivity index (χ1) is 12.8. The normalized spacial score (nSPS) is 19.4. The average molecular weight is 394 g/mol. The number of aryl methyl sites for hydroxylation is 1. The van der Waals surface area contributed by atoms with Crippen LogP contribution in [0.2, 0.25) is 0 Å². The molecular weight excluding hydrogens is 366 g/mol. The van der Waals surface area contributed by atoms with Gasteiger partial charge in [-0.15, -0.1) is 0 Å². The summed E-state index contributed by atoms with van der Waals surface area (Å²) < 4.78 is 43.5. The topological polar surface area (TPSA) is 69.0 Å². The minimum atomic E-state index is -3.61. The third-order valence-corrected chi connectivity index (χ3v) is 6.73. The lowest BCUT2D eigenvalue weighted by molar-refractivity contribution is 0.146. The standard InChI is InChI=1S/C20H27NO5S/c1-14-12-18(14)20-7-5-16(26-20)13-21(3)27(22,23)17-6-8-19(15(2)11-17)25-10-9-24-4/h5-8,11,14,18H,9-10,12-13H2,1-4H3/t14-,18-/m0/s1. The van der Waals surface area contributed by atoms with Crippen molar-refractivity contribution in [2.45, 2.75) is 37.6 Å². The summed E-state index contributed by atoms with van der Waals surface area (Å²) in [5.74, 6) is 3.40. The predicted molar refractivity (Wildman–Crippen MR) is 102 cm³/mol. The van der Waals surface area contributed by atoms with Gasteiger partial charge in [-0.25, -0.2) is 8.42 Å². The molecule has 2 aromatic rings. The Morgan fingerprint density at radius 2 is 1.96 bits per heavy atom. The largest absolute Gasteiger partial charge is 0.491 e. The second kappa shape index (κ2) is 8.04. The summed E-state index contributed by atoms with van der Waals surface area (Å²) in [6.07, 6.45) is 1.14. The van der Waals surface area contributed by atoms with Crippen molar-refractivity contribution in [3.8, 4) is 5.75 Å². The molecule has 1 aliphatic rings. The van der Waals surface area contributed by atoms with Crippen molar-refractivity contribution in [3.05, 3.63) is 47.4 Å². The van der Waals surface area contributed by atoms with Gasteiger partial charge in [0.05, 0.1) is 18.0 Å². The summed E-state index contributed by atoms with van der Waals surface area (Å²) in [6, 6.07) is 8.71. The molecule has 0 unspecified atom stereocenters. The number of furan rings is 1. The Hall–Kier alpha value is -1.83. The number of sulfonamides is 1. The molecule has 0 N–H and O–H groups in total. The Labute approximate surface area is 161 Å². The molecule has 6 nitrogen and oxygen atoms in total. The smallest absolute Gasteiger partial charge is 0.243 e.